The van der Waals surface area contributed by atoms with Crippen molar-refractivity contribution in [3.8, 4) is 0 Å². The smallest absolute Gasteiger partial charge is 0.414 e. The Kier molecular flexibility index (Phi) is 3.39. The number of hydrogen-bond acceptors (Lipinski definition) is 6. The third-order valence-corrected chi connectivity index (χ3v) is 4.78. The van der Waals surface area contributed by atoms with Crippen molar-refractivity contribution < 1.29 is 19.4 Å². The summed E-state index contributed by atoms with van der Waals surface area (Å²) in [7, 11) is 0. The number of anilines is 1. The minimum absolute atomic E-state index is 0.115. The molecule has 0 radical (unpaired) electrons. The second kappa shape index (κ2) is 5.79. The molecular weight excluding hydrogens is 352 g/mol. The average molecular weight is 368 g/mol. The van der Waals surface area contributed by atoms with Crippen molar-refractivity contribution in [2.45, 2.75) is 25.3 Å². The van der Waals surface area contributed by atoms with E-state index in [1.165, 1.54) is 16.4 Å². The fraction of sp³-hybridized carbons (Fsp3) is 0.353. The number of ether oxygens (including phenoxy) is 1. The predicted octanol–water partition coefficient (Wildman–Crippen LogP) is 1.51. The minimum Gasteiger partial charge on any atom is -0.476 e. The third-order valence-electron chi connectivity index (χ3n) is 4.78. The molecule has 27 heavy (non-hydrogen) atoms. The SMILES string of the molecule is O=C(O)c1cn(Cc2cn3cc(C4CC4)cc(N4CCOC4=O)c3n2)nn1. The molecule has 3 aromatic rings. The van der Waals surface area contributed by atoms with Gasteiger partial charge >= 0.3 is 12.1 Å². The van der Waals surface area contributed by atoms with E-state index in [1.54, 1.807) is 4.90 Å². The number of fused-ring (bicyclic) bond motifs is 1. The summed E-state index contributed by atoms with van der Waals surface area (Å²) >= 11 is 0. The van der Waals surface area contributed by atoms with Crippen LogP contribution >= 0.6 is 0 Å². The second-order valence-electron chi connectivity index (χ2n) is 6.77. The molecule has 3 aromatic heterocycles. The van der Waals surface area contributed by atoms with Crippen LogP contribution in [0, 0.1) is 0 Å². The van der Waals surface area contributed by atoms with Gasteiger partial charge in [-0.25, -0.2) is 19.3 Å². The number of cyclic esters (lactones) is 1. The largest absolute Gasteiger partial charge is 0.476 e. The predicted molar refractivity (Wildman–Crippen MR) is 91.9 cm³/mol. The van der Waals surface area contributed by atoms with Gasteiger partial charge in [0.05, 0.1) is 30.7 Å². The van der Waals surface area contributed by atoms with Gasteiger partial charge in [0.2, 0.25) is 0 Å². The lowest BCUT2D eigenvalue weighted by molar-refractivity contribution is 0.0690. The zero-order chi connectivity index (χ0) is 18.5. The number of amides is 1. The number of rotatable bonds is 5. The minimum atomic E-state index is -1.12. The van der Waals surface area contributed by atoms with Crippen LogP contribution in [0.2, 0.25) is 0 Å². The summed E-state index contributed by atoms with van der Waals surface area (Å²) in [6.07, 6.45) is 7.20. The summed E-state index contributed by atoms with van der Waals surface area (Å²) in [6, 6.07) is 2.02. The molecule has 1 amide bonds. The van der Waals surface area contributed by atoms with Crippen LogP contribution in [0.3, 0.4) is 0 Å². The average Bonchev–Trinajstić information content (AvgIpc) is 3.03. The monoisotopic (exact) mass is 368 g/mol. The standard InChI is InChI=1S/C17H16N6O4/c24-16(25)13-9-22(20-19-13)8-12-7-21-6-11(10-1-2-10)5-14(15(21)18-12)23-3-4-27-17(23)26/h5-7,9-10H,1-4,8H2,(H,24,25). The maximum Gasteiger partial charge on any atom is 0.414 e. The lowest BCUT2D eigenvalue weighted by Crippen LogP contribution is -2.24. The molecule has 0 atom stereocenters. The Balaban J connectivity index is 1.54. The van der Waals surface area contributed by atoms with Crippen molar-refractivity contribution in [3.63, 3.8) is 0 Å². The van der Waals surface area contributed by atoms with Crippen molar-refractivity contribution in [1.82, 2.24) is 24.4 Å². The van der Waals surface area contributed by atoms with Crippen LogP contribution in [0.1, 0.15) is 40.5 Å². The summed E-state index contributed by atoms with van der Waals surface area (Å²) in [6.45, 7) is 1.14. The lowest BCUT2D eigenvalue weighted by atomic mass is 10.1. The van der Waals surface area contributed by atoms with E-state index in [0.29, 0.717) is 30.4 Å². The van der Waals surface area contributed by atoms with E-state index in [2.05, 4.69) is 15.3 Å². The topological polar surface area (TPSA) is 115 Å². The Morgan fingerprint density at radius 2 is 2.15 bits per heavy atom. The van der Waals surface area contributed by atoms with E-state index in [0.717, 1.165) is 18.5 Å². The first kappa shape index (κ1) is 15.8. The Morgan fingerprint density at radius 1 is 1.30 bits per heavy atom. The molecule has 10 nitrogen and oxygen atoms in total. The van der Waals surface area contributed by atoms with Gasteiger partial charge in [-0.1, -0.05) is 5.21 Å². The summed E-state index contributed by atoms with van der Waals surface area (Å²) in [5, 5.41) is 16.4. The van der Waals surface area contributed by atoms with Gasteiger partial charge in [-0.05, 0) is 30.4 Å². The number of carbonyl (C=O) groups excluding carboxylic acids is 1. The van der Waals surface area contributed by atoms with Crippen LogP contribution in [0.5, 0.6) is 0 Å². The maximum atomic E-state index is 12.1. The molecule has 4 heterocycles. The number of imidazole rings is 1. The van der Waals surface area contributed by atoms with Gasteiger partial charge in [0.1, 0.15) is 6.61 Å². The molecule has 1 saturated carbocycles. The number of aromatic carboxylic acids is 1. The summed E-state index contributed by atoms with van der Waals surface area (Å²) in [5.41, 5.74) is 3.15. The number of aromatic nitrogens is 5. The van der Waals surface area contributed by atoms with Gasteiger partial charge in [-0.3, -0.25) is 4.90 Å². The van der Waals surface area contributed by atoms with Crippen LogP contribution in [-0.4, -0.2) is 54.7 Å². The van der Waals surface area contributed by atoms with Crippen molar-refractivity contribution in [2.24, 2.45) is 0 Å². The van der Waals surface area contributed by atoms with E-state index < -0.39 is 5.97 Å². The molecule has 5 rings (SSSR count). The fourth-order valence-electron chi connectivity index (χ4n) is 3.32. The molecule has 1 saturated heterocycles. The van der Waals surface area contributed by atoms with E-state index in [4.69, 9.17) is 9.84 Å². The first-order chi connectivity index (χ1) is 13.1. The lowest BCUT2D eigenvalue weighted by Gasteiger charge is -2.15. The molecule has 0 spiro atoms. The quantitative estimate of drug-likeness (QED) is 0.726. The fourth-order valence-corrected chi connectivity index (χ4v) is 3.32. The van der Waals surface area contributed by atoms with Crippen LogP contribution in [0.25, 0.3) is 5.65 Å². The van der Waals surface area contributed by atoms with Gasteiger partial charge in [0.15, 0.2) is 11.3 Å². The van der Waals surface area contributed by atoms with E-state index >= 15 is 0 Å². The number of carbonyl (C=O) groups is 2. The summed E-state index contributed by atoms with van der Waals surface area (Å²) in [5.74, 6) is -0.605. The first-order valence-corrected chi connectivity index (χ1v) is 8.68. The van der Waals surface area contributed by atoms with Crippen LogP contribution in [0.4, 0.5) is 10.5 Å². The second-order valence-corrected chi connectivity index (χ2v) is 6.77. The highest BCUT2D eigenvalue weighted by molar-refractivity contribution is 5.94. The van der Waals surface area contributed by atoms with Gasteiger partial charge in [-0.2, -0.15) is 0 Å². The van der Waals surface area contributed by atoms with Crippen LogP contribution < -0.4 is 4.90 Å². The molecule has 10 heteroatoms. The van der Waals surface area contributed by atoms with Crippen LogP contribution in [0.15, 0.2) is 24.7 Å². The van der Waals surface area contributed by atoms with Gasteiger partial charge in [0.25, 0.3) is 0 Å². The van der Waals surface area contributed by atoms with E-state index in [-0.39, 0.29) is 18.3 Å². The molecule has 2 aliphatic rings. The molecule has 1 aliphatic heterocycles. The number of hydrogen-bond donors (Lipinski definition) is 1. The van der Waals surface area contributed by atoms with E-state index in [1.807, 2.05) is 22.9 Å². The zero-order valence-corrected chi connectivity index (χ0v) is 14.3. The van der Waals surface area contributed by atoms with Crippen LogP contribution in [-0.2, 0) is 11.3 Å². The Morgan fingerprint density at radius 3 is 2.81 bits per heavy atom. The molecule has 1 N–H and O–H groups in total. The molecule has 0 aromatic carbocycles. The zero-order valence-electron chi connectivity index (χ0n) is 14.3. The van der Waals surface area contributed by atoms with Crippen molar-refractivity contribution in [2.75, 3.05) is 18.1 Å². The molecule has 0 bridgehead atoms. The summed E-state index contributed by atoms with van der Waals surface area (Å²) in [4.78, 5) is 29.3. The molecule has 138 valence electrons. The van der Waals surface area contributed by atoms with Gasteiger partial charge in [0, 0.05) is 12.4 Å². The van der Waals surface area contributed by atoms with Gasteiger partial charge in [-0.15, -0.1) is 5.10 Å². The first-order valence-electron chi connectivity index (χ1n) is 8.68. The molecule has 2 fully saturated rings. The maximum absolute atomic E-state index is 12.1. The van der Waals surface area contributed by atoms with Crippen molar-refractivity contribution >= 4 is 23.4 Å². The third kappa shape index (κ3) is 2.78. The van der Waals surface area contributed by atoms with Crippen molar-refractivity contribution in [1.29, 1.82) is 0 Å². The Labute approximate surface area is 153 Å². The van der Waals surface area contributed by atoms with Gasteiger partial charge < -0.3 is 14.2 Å². The highest BCUT2D eigenvalue weighted by Crippen LogP contribution is 2.42. The highest BCUT2D eigenvalue weighted by atomic mass is 16.6. The Bertz CT molecular complexity index is 1070. The normalized spacial score (nSPS) is 16.9. The molecule has 0 unspecified atom stereocenters. The number of carboxylic acids is 1. The number of pyridine rings is 1. The highest BCUT2D eigenvalue weighted by Gasteiger charge is 2.30. The molecular formula is C17H16N6O4. The number of carboxylic acid groups (broad SMARTS) is 1. The Hall–Kier alpha value is -3.43. The van der Waals surface area contributed by atoms with Crippen molar-refractivity contribution in [3.05, 3.63) is 41.6 Å². The molecule has 1 aliphatic carbocycles. The van der Waals surface area contributed by atoms with E-state index in [9.17, 15) is 9.59 Å². The summed E-state index contributed by atoms with van der Waals surface area (Å²) < 4.78 is 8.43. The number of nitrogens with zero attached hydrogens (tertiary/aromatic N) is 6.